The summed E-state index contributed by atoms with van der Waals surface area (Å²) >= 11 is 0. The van der Waals surface area contributed by atoms with Gasteiger partial charge in [0.2, 0.25) is 0 Å². The third kappa shape index (κ3) is 5.78. The average molecular weight is 469 g/mol. The Labute approximate surface area is 192 Å². The van der Waals surface area contributed by atoms with Crippen LogP contribution in [0.3, 0.4) is 0 Å². The number of aromatic nitrogens is 2. The molecule has 0 unspecified atom stereocenters. The van der Waals surface area contributed by atoms with E-state index in [1.807, 2.05) is 25.1 Å². The minimum Gasteiger partial charge on any atom is -0.335 e. The predicted molar refractivity (Wildman–Crippen MR) is 127 cm³/mol. The van der Waals surface area contributed by atoms with Crippen LogP contribution >= 0.6 is 0 Å². The van der Waals surface area contributed by atoms with Gasteiger partial charge in [-0.2, -0.15) is 0 Å². The molecule has 0 spiro atoms. The Morgan fingerprint density at radius 2 is 1.88 bits per heavy atom. The SMILES string of the molecule is Cc1ccc2c(=O)[nH]c(CCc3cccc(S(=O)(=O)NC(=O)NC4CCCCC4)c3)nc2c1. The number of aromatic amines is 1. The monoisotopic (exact) mass is 468 g/mol. The van der Waals surface area contributed by atoms with Gasteiger partial charge in [-0.3, -0.25) is 4.79 Å². The minimum atomic E-state index is -3.99. The molecule has 1 saturated carbocycles. The molecule has 8 nitrogen and oxygen atoms in total. The quantitative estimate of drug-likeness (QED) is 0.512. The lowest BCUT2D eigenvalue weighted by Crippen LogP contribution is -2.45. The number of carbonyl (C=O) groups is 1. The molecule has 4 rings (SSSR count). The lowest BCUT2D eigenvalue weighted by atomic mass is 9.96. The fourth-order valence-corrected chi connectivity index (χ4v) is 5.18. The first-order valence-electron chi connectivity index (χ1n) is 11.2. The molecule has 1 heterocycles. The molecule has 1 aliphatic carbocycles. The van der Waals surface area contributed by atoms with Crippen LogP contribution in [0.4, 0.5) is 4.79 Å². The van der Waals surface area contributed by atoms with Gasteiger partial charge in [0, 0.05) is 12.5 Å². The number of hydrogen-bond acceptors (Lipinski definition) is 5. The molecule has 0 atom stereocenters. The summed E-state index contributed by atoms with van der Waals surface area (Å²) in [7, 11) is -3.99. The maximum atomic E-state index is 12.7. The fourth-order valence-electron chi connectivity index (χ4n) is 4.19. The lowest BCUT2D eigenvalue weighted by Gasteiger charge is -2.22. The standard InChI is InChI=1S/C24H28N4O4S/c1-16-10-12-20-21(14-16)26-22(27-23(20)29)13-11-17-6-5-9-19(15-17)33(31,32)28-24(30)25-18-7-3-2-4-8-18/h5-6,9-10,12,14-15,18H,2-4,7-8,11,13H2,1H3,(H2,25,28,30)(H,26,27,29). The Hall–Kier alpha value is -3.20. The largest absolute Gasteiger partial charge is 0.335 e. The number of aryl methyl sites for hydroxylation is 3. The molecule has 0 aliphatic heterocycles. The van der Waals surface area contributed by atoms with Gasteiger partial charge < -0.3 is 10.3 Å². The third-order valence-electron chi connectivity index (χ3n) is 5.94. The van der Waals surface area contributed by atoms with Crippen LogP contribution in [0.15, 0.2) is 52.2 Å². The molecule has 1 aromatic heterocycles. The molecule has 1 fully saturated rings. The Balaban J connectivity index is 1.43. The molecule has 0 radical (unpaired) electrons. The van der Waals surface area contributed by atoms with Crippen LogP contribution < -0.4 is 15.6 Å². The normalized spacial score (nSPS) is 14.8. The maximum Gasteiger partial charge on any atom is 0.328 e. The molecule has 2 aromatic carbocycles. The molecule has 174 valence electrons. The van der Waals surface area contributed by atoms with Gasteiger partial charge >= 0.3 is 6.03 Å². The van der Waals surface area contributed by atoms with Crippen molar-refractivity contribution < 1.29 is 13.2 Å². The number of fused-ring (bicyclic) bond motifs is 1. The number of nitrogens with one attached hydrogen (secondary N) is 3. The van der Waals surface area contributed by atoms with Gasteiger partial charge in [-0.15, -0.1) is 0 Å². The molecule has 1 aliphatic rings. The van der Waals surface area contributed by atoms with E-state index >= 15 is 0 Å². The van der Waals surface area contributed by atoms with Gasteiger partial charge in [0.1, 0.15) is 5.82 Å². The minimum absolute atomic E-state index is 0.0145. The van der Waals surface area contributed by atoms with Crippen molar-refractivity contribution in [3.8, 4) is 0 Å². The van der Waals surface area contributed by atoms with Crippen molar-refractivity contribution in [1.29, 1.82) is 0 Å². The summed E-state index contributed by atoms with van der Waals surface area (Å²) < 4.78 is 27.5. The zero-order valence-corrected chi connectivity index (χ0v) is 19.4. The number of hydrogen-bond donors (Lipinski definition) is 3. The highest BCUT2D eigenvalue weighted by atomic mass is 32.2. The van der Waals surface area contributed by atoms with Crippen LogP contribution in [0.2, 0.25) is 0 Å². The van der Waals surface area contributed by atoms with Crippen LogP contribution in [0.5, 0.6) is 0 Å². The van der Waals surface area contributed by atoms with Gasteiger partial charge in [0.25, 0.3) is 15.6 Å². The topological polar surface area (TPSA) is 121 Å². The molecule has 3 aromatic rings. The van der Waals surface area contributed by atoms with E-state index in [0.29, 0.717) is 29.6 Å². The summed E-state index contributed by atoms with van der Waals surface area (Å²) in [6.45, 7) is 1.94. The van der Waals surface area contributed by atoms with Gasteiger partial charge in [-0.25, -0.2) is 22.9 Å². The Morgan fingerprint density at radius 1 is 1.09 bits per heavy atom. The second-order valence-electron chi connectivity index (χ2n) is 8.59. The Kier molecular flexibility index (Phi) is 6.78. The van der Waals surface area contributed by atoms with Crippen LogP contribution in [0.25, 0.3) is 10.9 Å². The summed E-state index contributed by atoms with van der Waals surface area (Å²) in [6.07, 6.45) is 5.89. The maximum absolute atomic E-state index is 12.7. The van der Waals surface area contributed by atoms with Gasteiger partial charge in [0.15, 0.2) is 0 Å². The van der Waals surface area contributed by atoms with Crippen molar-refractivity contribution >= 4 is 27.0 Å². The van der Waals surface area contributed by atoms with E-state index in [9.17, 15) is 18.0 Å². The van der Waals surface area contributed by atoms with Crippen molar-refractivity contribution in [2.24, 2.45) is 0 Å². The number of H-pyrrole nitrogens is 1. The van der Waals surface area contributed by atoms with E-state index < -0.39 is 16.1 Å². The smallest absolute Gasteiger partial charge is 0.328 e. The predicted octanol–water partition coefficient (Wildman–Crippen LogP) is 3.34. The first-order chi connectivity index (χ1) is 15.8. The molecule has 33 heavy (non-hydrogen) atoms. The average Bonchev–Trinajstić information content (AvgIpc) is 2.78. The van der Waals surface area contributed by atoms with Crippen LogP contribution in [0.1, 0.15) is 49.1 Å². The van der Waals surface area contributed by atoms with Crippen molar-refractivity contribution in [2.75, 3.05) is 0 Å². The summed E-state index contributed by atoms with van der Waals surface area (Å²) in [4.78, 5) is 31.9. The second kappa shape index (κ2) is 9.74. The van der Waals surface area contributed by atoms with E-state index in [0.717, 1.165) is 43.2 Å². The fraction of sp³-hybridized carbons (Fsp3) is 0.375. The highest BCUT2D eigenvalue weighted by Crippen LogP contribution is 2.18. The van der Waals surface area contributed by atoms with Crippen LogP contribution in [-0.2, 0) is 22.9 Å². The lowest BCUT2D eigenvalue weighted by molar-refractivity contribution is 0.237. The zero-order valence-electron chi connectivity index (χ0n) is 18.6. The van der Waals surface area contributed by atoms with E-state index in [1.54, 1.807) is 18.2 Å². The van der Waals surface area contributed by atoms with Crippen LogP contribution in [-0.4, -0.2) is 30.5 Å². The Morgan fingerprint density at radius 3 is 2.67 bits per heavy atom. The van der Waals surface area contributed by atoms with Crippen molar-refractivity contribution in [2.45, 2.75) is 62.8 Å². The van der Waals surface area contributed by atoms with E-state index in [4.69, 9.17) is 0 Å². The second-order valence-corrected chi connectivity index (χ2v) is 10.3. The Bertz CT molecular complexity index is 1330. The molecule has 3 N–H and O–H groups in total. The molecule has 2 amide bonds. The number of rotatable bonds is 6. The van der Waals surface area contributed by atoms with Gasteiger partial charge in [0.05, 0.1) is 15.8 Å². The van der Waals surface area contributed by atoms with Gasteiger partial charge in [-0.1, -0.05) is 37.5 Å². The number of nitrogens with zero attached hydrogens (tertiary/aromatic N) is 1. The first-order valence-corrected chi connectivity index (χ1v) is 12.7. The van der Waals surface area contributed by atoms with Crippen LogP contribution in [0, 0.1) is 6.92 Å². The molecule has 0 saturated heterocycles. The van der Waals surface area contributed by atoms with E-state index in [1.165, 1.54) is 6.07 Å². The van der Waals surface area contributed by atoms with Gasteiger partial charge in [-0.05, 0) is 61.6 Å². The van der Waals surface area contributed by atoms with E-state index in [-0.39, 0.29) is 16.5 Å². The summed E-state index contributed by atoms with van der Waals surface area (Å²) in [5.41, 5.74) is 2.22. The summed E-state index contributed by atoms with van der Waals surface area (Å²) in [6, 6.07) is 11.3. The number of carbonyl (C=O) groups excluding carboxylic acids is 1. The van der Waals surface area contributed by atoms with Crippen molar-refractivity contribution in [1.82, 2.24) is 20.0 Å². The number of amides is 2. The van der Waals surface area contributed by atoms with Crippen molar-refractivity contribution in [3.63, 3.8) is 0 Å². The number of sulfonamides is 1. The summed E-state index contributed by atoms with van der Waals surface area (Å²) in [5.74, 6) is 0.538. The first kappa shape index (κ1) is 23.0. The third-order valence-corrected chi connectivity index (χ3v) is 7.27. The summed E-state index contributed by atoms with van der Waals surface area (Å²) in [5, 5.41) is 3.30. The molecule has 0 bridgehead atoms. The number of benzene rings is 2. The molecular formula is C24H28N4O4S. The molecular weight excluding hydrogens is 440 g/mol. The molecule has 9 heteroatoms. The highest BCUT2D eigenvalue weighted by molar-refractivity contribution is 7.90. The highest BCUT2D eigenvalue weighted by Gasteiger charge is 2.21. The zero-order chi connectivity index (χ0) is 23.4. The van der Waals surface area contributed by atoms with Crippen molar-refractivity contribution in [3.05, 3.63) is 69.8 Å². The number of urea groups is 1. The van der Waals surface area contributed by atoms with E-state index in [2.05, 4.69) is 20.0 Å².